The first-order chi connectivity index (χ1) is 6.27. The lowest BCUT2D eigenvalue weighted by Gasteiger charge is -2.04. The molecule has 0 amide bonds. The van der Waals surface area contributed by atoms with Crippen LogP contribution in [0.2, 0.25) is 0 Å². The molecular weight excluding hydrogens is 164 g/mol. The number of nitrogens with zero attached hydrogens (tertiary/aromatic N) is 1. The van der Waals surface area contributed by atoms with Gasteiger partial charge in [0.2, 0.25) is 0 Å². The van der Waals surface area contributed by atoms with Crippen molar-refractivity contribution in [2.24, 2.45) is 5.73 Å². The van der Waals surface area contributed by atoms with E-state index in [1.165, 1.54) is 0 Å². The highest BCUT2D eigenvalue weighted by atomic mass is 16.1. The SMILES string of the molecule is N#Cc1ccccc1CC(N)C=O. The summed E-state index contributed by atoms with van der Waals surface area (Å²) in [6, 6.07) is 8.67. The molecule has 66 valence electrons. The number of hydrogen-bond donors (Lipinski definition) is 1. The molecule has 0 saturated carbocycles. The van der Waals surface area contributed by atoms with Crippen LogP contribution in [0.25, 0.3) is 0 Å². The second-order valence-corrected chi connectivity index (χ2v) is 2.77. The molecule has 0 saturated heterocycles. The molecule has 13 heavy (non-hydrogen) atoms. The lowest BCUT2D eigenvalue weighted by atomic mass is 10.0. The van der Waals surface area contributed by atoms with Crippen LogP contribution in [0.5, 0.6) is 0 Å². The van der Waals surface area contributed by atoms with Gasteiger partial charge >= 0.3 is 0 Å². The van der Waals surface area contributed by atoms with Crippen LogP contribution in [0.1, 0.15) is 11.1 Å². The molecule has 1 unspecified atom stereocenters. The molecule has 2 N–H and O–H groups in total. The molecular formula is C10H10N2O. The van der Waals surface area contributed by atoms with Crippen molar-refractivity contribution >= 4 is 6.29 Å². The van der Waals surface area contributed by atoms with Gasteiger partial charge < -0.3 is 10.5 Å². The van der Waals surface area contributed by atoms with Crippen LogP contribution in [0.3, 0.4) is 0 Å². The molecule has 3 nitrogen and oxygen atoms in total. The summed E-state index contributed by atoms with van der Waals surface area (Å²) < 4.78 is 0. The number of nitriles is 1. The zero-order valence-corrected chi connectivity index (χ0v) is 7.10. The van der Waals surface area contributed by atoms with Crippen molar-refractivity contribution in [3.8, 4) is 6.07 Å². The third kappa shape index (κ3) is 2.39. The number of rotatable bonds is 3. The van der Waals surface area contributed by atoms with Gasteiger partial charge in [-0.25, -0.2) is 0 Å². The van der Waals surface area contributed by atoms with Gasteiger partial charge in [0.1, 0.15) is 6.29 Å². The Morgan fingerprint density at radius 3 is 2.85 bits per heavy atom. The summed E-state index contributed by atoms with van der Waals surface area (Å²) in [7, 11) is 0. The fraction of sp³-hybridized carbons (Fsp3) is 0.200. The Labute approximate surface area is 76.8 Å². The van der Waals surface area contributed by atoms with Crippen molar-refractivity contribution in [2.75, 3.05) is 0 Å². The topological polar surface area (TPSA) is 66.9 Å². The molecule has 0 aliphatic carbocycles. The Balaban J connectivity index is 2.88. The van der Waals surface area contributed by atoms with Gasteiger partial charge in [-0.2, -0.15) is 5.26 Å². The quantitative estimate of drug-likeness (QED) is 0.683. The highest BCUT2D eigenvalue weighted by molar-refractivity contribution is 5.58. The molecule has 1 aromatic rings. The van der Waals surface area contributed by atoms with Gasteiger partial charge in [-0.1, -0.05) is 18.2 Å². The Hall–Kier alpha value is -1.66. The van der Waals surface area contributed by atoms with Gasteiger partial charge in [0.15, 0.2) is 0 Å². The summed E-state index contributed by atoms with van der Waals surface area (Å²) in [6.07, 6.45) is 1.11. The minimum absolute atomic E-state index is 0.424. The highest BCUT2D eigenvalue weighted by Gasteiger charge is 2.05. The summed E-state index contributed by atoms with van der Waals surface area (Å²) in [5.41, 5.74) is 6.86. The van der Waals surface area contributed by atoms with Crippen molar-refractivity contribution in [2.45, 2.75) is 12.5 Å². The third-order valence-corrected chi connectivity index (χ3v) is 1.77. The Bertz CT molecular complexity index is 341. The van der Waals surface area contributed by atoms with E-state index in [4.69, 9.17) is 11.0 Å². The average molecular weight is 174 g/mol. The van der Waals surface area contributed by atoms with Gasteiger partial charge in [0.25, 0.3) is 0 Å². The Morgan fingerprint density at radius 2 is 2.23 bits per heavy atom. The largest absolute Gasteiger partial charge is 0.321 e. The molecule has 3 heteroatoms. The maximum Gasteiger partial charge on any atom is 0.137 e. The number of nitrogens with two attached hydrogens (primary N) is 1. The van der Waals surface area contributed by atoms with Crippen molar-refractivity contribution in [1.82, 2.24) is 0 Å². The second kappa shape index (κ2) is 4.39. The monoisotopic (exact) mass is 174 g/mol. The molecule has 1 atom stereocenters. The van der Waals surface area contributed by atoms with E-state index in [1.54, 1.807) is 12.1 Å². The predicted octanol–water partition coefficient (Wildman–Crippen LogP) is 0.627. The maximum absolute atomic E-state index is 10.3. The molecule has 0 fully saturated rings. The number of aldehydes is 1. The second-order valence-electron chi connectivity index (χ2n) is 2.77. The van der Waals surface area contributed by atoms with Crippen molar-refractivity contribution in [1.29, 1.82) is 5.26 Å². The van der Waals surface area contributed by atoms with Crippen LogP contribution >= 0.6 is 0 Å². The van der Waals surface area contributed by atoms with Gasteiger partial charge in [-0.05, 0) is 18.1 Å². The lowest BCUT2D eigenvalue weighted by molar-refractivity contribution is -0.108. The van der Waals surface area contributed by atoms with Crippen molar-refractivity contribution in [3.63, 3.8) is 0 Å². The molecule has 1 rings (SSSR count). The van der Waals surface area contributed by atoms with Crippen LogP contribution in [0.15, 0.2) is 24.3 Å². The maximum atomic E-state index is 10.3. The molecule has 0 aliphatic heterocycles. The Kier molecular flexibility index (Phi) is 3.18. The van der Waals surface area contributed by atoms with E-state index in [9.17, 15) is 4.79 Å². The Morgan fingerprint density at radius 1 is 1.54 bits per heavy atom. The van der Waals surface area contributed by atoms with Gasteiger partial charge in [0, 0.05) is 0 Å². The highest BCUT2D eigenvalue weighted by Crippen LogP contribution is 2.08. The first-order valence-corrected chi connectivity index (χ1v) is 3.97. The van der Waals surface area contributed by atoms with E-state index in [0.717, 1.165) is 5.56 Å². The van der Waals surface area contributed by atoms with Crippen LogP contribution in [0.4, 0.5) is 0 Å². The fourth-order valence-corrected chi connectivity index (χ4v) is 1.11. The summed E-state index contributed by atoms with van der Waals surface area (Å²) in [4.78, 5) is 10.3. The summed E-state index contributed by atoms with van der Waals surface area (Å²) in [5.74, 6) is 0. The van der Waals surface area contributed by atoms with Gasteiger partial charge in [-0.15, -0.1) is 0 Å². The summed E-state index contributed by atoms with van der Waals surface area (Å²) >= 11 is 0. The van der Waals surface area contributed by atoms with Crippen LogP contribution in [-0.4, -0.2) is 12.3 Å². The minimum atomic E-state index is -0.519. The predicted molar refractivity (Wildman–Crippen MR) is 48.9 cm³/mol. The standard InChI is InChI=1S/C10H10N2O/c11-6-9-4-2-1-3-8(9)5-10(12)7-13/h1-4,7,10H,5,12H2. The van der Waals surface area contributed by atoms with Gasteiger partial charge in [0.05, 0.1) is 17.7 Å². The van der Waals surface area contributed by atoms with E-state index >= 15 is 0 Å². The van der Waals surface area contributed by atoms with Crippen LogP contribution < -0.4 is 5.73 Å². The molecule has 0 bridgehead atoms. The van der Waals surface area contributed by atoms with Crippen LogP contribution in [-0.2, 0) is 11.2 Å². The number of carbonyl (C=O) groups excluding carboxylic acids is 1. The first kappa shape index (κ1) is 9.43. The van der Waals surface area contributed by atoms with Crippen molar-refractivity contribution < 1.29 is 4.79 Å². The van der Waals surface area contributed by atoms with Gasteiger partial charge in [-0.3, -0.25) is 0 Å². The van der Waals surface area contributed by atoms with Crippen molar-refractivity contribution in [3.05, 3.63) is 35.4 Å². The molecule has 0 spiro atoms. The molecule has 1 aromatic carbocycles. The van der Waals surface area contributed by atoms with E-state index < -0.39 is 6.04 Å². The fourth-order valence-electron chi connectivity index (χ4n) is 1.11. The number of hydrogen-bond acceptors (Lipinski definition) is 3. The average Bonchev–Trinajstić information content (AvgIpc) is 2.18. The first-order valence-electron chi connectivity index (χ1n) is 3.97. The van der Waals surface area contributed by atoms with E-state index in [0.29, 0.717) is 18.3 Å². The lowest BCUT2D eigenvalue weighted by Crippen LogP contribution is -2.24. The smallest absolute Gasteiger partial charge is 0.137 e. The number of benzene rings is 1. The zero-order chi connectivity index (χ0) is 9.68. The van der Waals surface area contributed by atoms with Crippen LogP contribution in [0, 0.1) is 11.3 Å². The molecule has 0 heterocycles. The normalized spacial score (nSPS) is 11.7. The molecule has 0 radical (unpaired) electrons. The number of carbonyl (C=O) groups is 1. The van der Waals surface area contributed by atoms with E-state index in [2.05, 4.69) is 6.07 Å². The third-order valence-electron chi connectivity index (χ3n) is 1.77. The zero-order valence-electron chi connectivity index (χ0n) is 7.10. The van der Waals surface area contributed by atoms with E-state index in [-0.39, 0.29) is 0 Å². The summed E-state index contributed by atoms with van der Waals surface area (Å²) in [5, 5.41) is 8.72. The molecule has 0 aliphatic rings. The summed E-state index contributed by atoms with van der Waals surface area (Å²) in [6.45, 7) is 0. The molecule has 0 aromatic heterocycles. The minimum Gasteiger partial charge on any atom is -0.321 e. The van der Waals surface area contributed by atoms with E-state index in [1.807, 2.05) is 12.1 Å².